The van der Waals surface area contributed by atoms with Gasteiger partial charge in [-0.3, -0.25) is 4.79 Å². The summed E-state index contributed by atoms with van der Waals surface area (Å²) in [7, 11) is -1.24. The molecule has 0 saturated heterocycles. The second-order valence-corrected chi connectivity index (χ2v) is 8.30. The third-order valence-electron chi connectivity index (χ3n) is 4.78. The number of rotatable bonds is 6. The summed E-state index contributed by atoms with van der Waals surface area (Å²) in [6.45, 7) is 0.0420. The van der Waals surface area contributed by atoms with Crippen LogP contribution >= 0.6 is 0 Å². The van der Waals surface area contributed by atoms with E-state index in [9.17, 15) is 18.0 Å². The second kappa shape index (κ2) is 8.59. The van der Waals surface area contributed by atoms with Gasteiger partial charge in [0.15, 0.2) is 0 Å². The predicted molar refractivity (Wildman–Crippen MR) is 106 cm³/mol. The van der Waals surface area contributed by atoms with Crippen molar-refractivity contribution < 1.29 is 27.5 Å². The van der Waals surface area contributed by atoms with E-state index < -0.39 is 28.0 Å². The maximum Gasteiger partial charge on any atom is 0.330 e. The minimum atomic E-state index is -3.79. The molecule has 0 amide bonds. The van der Waals surface area contributed by atoms with Crippen molar-refractivity contribution in [2.45, 2.75) is 23.9 Å². The van der Waals surface area contributed by atoms with Crippen LogP contribution in [0.15, 0.2) is 59.5 Å². The van der Waals surface area contributed by atoms with Gasteiger partial charge in [0.2, 0.25) is 10.0 Å². The van der Waals surface area contributed by atoms with Gasteiger partial charge in [0, 0.05) is 12.6 Å². The van der Waals surface area contributed by atoms with Crippen molar-refractivity contribution >= 4 is 28.0 Å². The first-order valence-corrected chi connectivity index (χ1v) is 10.3. The van der Waals surface area contributed by atoms with E-state index in [1.807, 2.05) is 0 Å². The first kappa shape index (κ1) is 20.8. The molecule has 1 atom stereocenters. The largest absolute Gasteiger partial charge is 0.469 e. The summed E-state index contributed by atoms with van der Waals surface area (Å²) < 4.78 is 37.0. The number of carbonyl (C=O) groups excluding carboxylic acids is 2. The van der Waals surface area contributed by atoms with Crippen molar-refractivity contribution in [3.05, 3.63) is 71.3 Å². The quantitative estimate of drug-likeness (QED) is 0.532. The Morgan fingerprint density at radius 1 is 1.03 bits per heavy atom. The number of hydrogen-bond donors (Lipinski definition) is 0. The standard InChI is InChI=1S/C21H21NO6S/c1-27-20(23)12-11-15-7-3-4-8-16(15)14-22-18(13-21(24)28-2)17-9-5-6-10-19(17)29(22,25)26/h3-12,18H,13-14H2,1-2H3/b12-11+. The molecule has 7 nitrogen and oxygen atoms in total. The lowest BCUT2D eigenvalue weighted by Gasteiger charge is -2.23. The van der Waals surface area contributed by atoms with E-state index in [-0.39, 0.29) is 17.9 Å². The van der Waals surface area contributed by atoms with Crippen LogP contribution in [-0.4, -0.2) is 38.9 Å². The van der Waals surface area contributed by atoms with E-state index in [4.69, 9.17) is 4.74 Å². The van der Waals surface area contributed by atoms with Crippen molar-refractivity contribution in [1.82, 2.24) is 4.31 Å². The van der Waals surface area contributed by atoms with Crippen LogP contribution in [0.4, 0.5) is 0 Å². The Hall–Kier alpha value is -2.97. The molecule has 2 aromatic carbocycles. The molecular formula is C21H21NO6S. The van der Waals surface area contributed by atoms with Crippen LogP contribution in [0, 0.1) is 0 Å². The maximum absolute atomic E-state index is 13.2. The van der Waals surface area contributed by atoms with Crippen molar-refractivity contribution in [3.8, 4) is 0 Å². The van der Waals surface area contributed by atoms with E-state index in [2.05, 4.69) is 4.74 Å². The third-order valence-corrected chi connectivity index (χ3v) is 6.71. The van der Waals surface area contributed by atoms with Gasteiger partial charge >= 0.3 is 11.9 Å². The molecule has 0 spiro atoms. The predicted octanol–water partition coefficient (Wildman–Crippen LogP) is 2.68. The van der Waals surface area contributed by atoms with Gasteiger partial charge in [0.1, 0.15) is 0 Å². The lowest BCUT2D eigenvalue weighted by atomic mass is 10.0. The van der Waals surface area contributed by atoms with Crippen LogP contribution in [0.2, 0.25) is 0 Å². The van der Waals surface area contributed by atoms with Gasteiger partial charge in [0.05, 0.1) is 31.6 Å². The molecule has 0 N–H and O–H groups in total. The van der Waals surface area contributed by atoms with Gasteiger partial charge in [-0.2, -0.15) is 4.31 Å². The molecule has 8 heteroatoms. The Bertz CT molecular complexity index is 1060. The normalized spacial score (nSPS) is 17.8. The molecule has 1 heterocycles. The molecule has 0 radical (unpaired) electrons. The Labute approximate surface area is 169 Å². The lowest BCUT2D eigenvalue weighted by Crippen LogP contribution is -2.29. The zero-order valence-corrected chi connectivity index (χ0v) is 16.9. The summed E-state index contributed by atoms with van der Waals surface area (Å²) in [5, 5.41) is 0. The summed E-state index contributed by atoms with van der Waals surface area (Å²) in [6.07, 6.45) is 2.76. The zero-order valence-electron chi connectivity index (χ0n) is 16.1. The van der Waals surface area contributed by atoms with E-state index in [1.165, 1.54) is 30.7 Å². The van der Waals surface area contributed by atoms with Crippen molar-refractivity contribution in [1.29, 1.82) is 0 Å². The smallest absolute Gasteiger partial charge is 0.330 e. The number of fused-ring (bicyclic) bond motifs is 1. The molecule has 2 aromatic rings. The van der Waals surface area contributed by atoms with Crippen LogP contribution in [-0.2, 0) is 35.6 Å². The molecule has 29 heavy (non-hydrogen) atoms. The Morgan fingerprint density at radius 2 is 1.72 bits per heavy atom. The van der Waals surface area contributed by atoms with Gasteiger partial charge in [-0.05, 0) is 28.8 Å². The highest BCUT2D eigenvalue weighted by atomic mass is 32.2. The molecule has 1 unspecified atom stereocenters. The van der Waals surface area contributed by atoms with E-state index >= 15 is 0 Å². The van der Waals surface area contributed by atoms with Gasteiger partial charge in [0.25, 0.3) is 0 Å². The molecule has 0 aromatic heterocycles. The number of methoxy groups -OCH3 is 2. The minimum absolute atomic E-state index is 0.0420. The van der Waals surface area contributed by atoms with Gasteiger partial charge in [-0.25, -0.2) is 13.2 Å². The Kier molecular flexibility index (Phi) is 6.14. The number of esters is 2. The third kappa shape index (κ3) is 4.23. The highest BCUT2D eigenvalue weighted by Crippen LogP contribution is 2.42. The topological polar surface area (TPSA) is 90.0 Å². The van der Waals surface area contributed by atoms with Gasteiger partial charge in [-0.15, -0.1) is 0 Å². The molecule has 0 saturated carbocycles. The van der Waals surface area contributed by atoms with Crippen molar-refractivity contribution in [2.24, 2.45) is 0 Å². The molecule has 0 aliphatic carbocycles. The molecule has 1 aliphatic heterocycles. The summed E-state index contributed by atoms with van der Waals surface area (Å²) >= 11 is 0. The summed E-state index contributed by atoms with van der Waals surface area (Å²) in [6, 6.07) is 13.1. The average molecular weight is 415 g/mol. The number of ether oxygens (including phenoxy) is 2. The van der Waals surface area contributed by atoms with Crippen LogP contribution in [0.25, 0.3) is 6.08 Å². The Morgan fingerprint density at radius 3 is 2.45 bits per heavy atom. The molecule has 0 bridgehead atoms. The van der Waals surface area contributed by atoms with Crippen molar-refractivity contribution in [2.75, 3.05) is 14.2 Å². The molecule has 1 aliphatic rings. The van der Waals surface area contributed by atoms with Gasteiger partial charge in [-0.1, -0.05) is 42.5 Å². The van der Waals surface area contributed by atoms with Crippen molar-refractivity contribution in [3.63, 3.8) is 0 Å². The van der Waals surface area contributed by atoms with Crippen LogP contribution in [0.3, 0.4) is 0 Å². The SMILES string of the molecule is COC(=O)/C=C/c1ccccc1CN1C(CC(=O)OC)c2ccccc2S1(=O)=O. The number of sulfonamides is 1. The fraction of sp³-hybridized carbons (Fsp3) is 0.238. The fourth-order valence-electron chi connectivity index (χ4n) is 3.32. The molecule has 152 valence electrons. The Balaban J connectivity index is 2.00. The lowest BCUT2D eigenvalue weighted by molar-refractivity contribution is -0.141. The van der Waals surface area contributed by atoms with Crippen LogP contribution in [0.5, 0.6) is 0 Å². The number of carbonyl (C=O) groups is 2. The zero-order chi connectivity index (χ0) is 21.0. The number of hydrogen-bond acceptors (Lipinski definition) is 6. The first-order valence-electron chi connectivity index (χ1n) is 8.90. The second-order valence-electron chi connectivity index (χ2n) is 6.44. The maximum atomic E-state index is 13.2. The minimum Gasteiger partial charge on any atom is -0.469 e. The average Bonchev–Trinajstić information content (AvgIpc) is 2.94. The highest BCUT2D eigenvalue weighted by molar-refractivity contribution is 7.89. The highest BCUT2D eigenvalue weighted by Gasteiger charge is 2.43. The monoisotopic (exact) mass is 415 g/mol. The first-order chi connectivity index (χ1) is 13.9. The van der Waals surface area contributed by atoms with Gasteiger partial charge < -0.3 is 9.47 Å². The van der Waals surface area contributed by atoms with Crippen LogP contribution in [0.1, 0.15) is 29.2 Å². The fourth-order valence-corrected chi connectivity index (χ4v) is 5.16. The molecular weight excluding hydrogens is 394 g/mol. The molecule has 0 fully saturated rings. The van der Waals surface area contributed by atoms with E-state index in [0.717, 1.165) is 0 Å². The summed E-state index contributed by atoms with van der Waals surface area (Å²) in [5.74, 6) is -1.00. The number of benzene rings is 2. The van der Waals surface area contributed by atoms with Crippen LogP contribution < -0.4 is 0 Å². The number of nitrogens with zero attached hydrogens (tertiary/aromatic N) is 1. The van der Waals surface area contributed by atoms with E-state index in [0.29, 0.717) is 16.7 Å². The summed E-state index contributed by atoms with van der Waals surface area (Å²) in [4.78, 5) is 23.6. The molecule has 3 rings (SSSR count). The summed E-state index contributed by atoms with van der Waals surface area (Å²) in [5.41, 5.74) is 1.94. The van der Waals surface area contributed by atoms with E-state index in [1.54, 1.807) is 48.5 Å².